The smallest absolute Gasteiger partial charge is 0.262 e. The highest BCUT2D eigenvalue weighted by atomic mass is 79.9. The molecule has 8 heteroatoms. The second-order valence-electron chi connectivity index (χ2n) is 6.30. The van der Waals surface area contributed by atoms with Crippen molar-refractivity contribution in [2.45, 2.75) is 19.9 Å². The third-order valence-electron chi connectivity index (χ3n) is 3.92. The van der Waals surface area contributed by atoms with E-state index in [2.05, 4.69) is 31.8 Å². The van der Waals surface area contributed by atoms with Gasteiger partial charge in [-0.1, -0.05) is 41.9 Å². The van der Waals surface area contributed by atoms with Gasteiger partial charge in [0.1, 0.15) is 17.6 Å². The fraction of sp³-hybridized carbons (Fsp3) is 0.250. The summed E-state index contributed by atoms with van der Waals surface area (Å²) in [6.45, 7) is 3.54. The molecule has 2 aromatic carbocycles. The number of hydrogen-bond donors (Lipinski definition) is 2. The molecule has 0 heterocycles. The molecular weight excluding hydrogens is 429 g/mol. The zero-order valence-corrected chi connectivity index (χ0v) is 17.3. The van der Waals surface area contributed by atoms with Gasteiger partial charge in [0.2, 0.25) is 0 Å². The van der Waals surface area contributed by atoms with Crippen molar-refractivity contribution < 1.29 is 18.7 Å². The van der Waals surface area contributed by atoms with Gasteiger partial charge in [0.05, 0.1) is 18.9 Å². The molecule has 0 radical (unpaired) electrons. The molecular formula is C20H21BrFN3O3. The Morgan fingerprint density at radius 1 is 1.21 bits per heavy atom. The van der Waals surface area contributed by atoms with Crippen LogP contribution in [0.3, 0.4) is 0 Å². The number of benzene rings is 2. The number of nitrogens with zero attached hydrogens (tertiary/aromatic N) is 1. The van der Waals surface area contributed by atoms with Crippen molar-refractivity contribution in [2.75, 3.05) is 7.11 Å². The Hall–Kier alpha value is -2.74. The molecule has 0 spiro atoms. The normalized spacial score (nSPS) is 12.1. The largest absolute Gasteiger partial charge is 0.496 e. The minimum absolute atomic E-state index is 0.122. The number of nitrogens with one attached hydrogen (secondary N) is 2. The molecule has 1 unspecified atom stereocenters. The average molecular weight is 450 g/mol. The van der Waals surface area contributed by atoms with E-state index in [-0.39, 0.29) is 11.5 Å². The molecule has 0 aromatic heterocycles. The highest BCUT2D eigenvalue weighted by Gasteiger charge is 2.25. The summed E-state index contributed by atoms with van der Waals surface area (Å²) >= 11 is 3.36. The maximum Gasteiger partial charge on any atom is 0.262 e. The number of hydrogen-bond acceptors (Lipinski definition) is 4. The number of ether oxygens (including phenoxy) is 1. The summed E-state index contributed by atoms with van der Waals surface area (Å²) in [6.07, 6.45) is 1.44. The van der Waals surface area contributed by atoms with Gasteiger partial charge in [0, 0.05) is 10.0 Å². The van der Waals surface area contributed by atoms with Gasteiger partial charge in [-0.05, 0) is 36.2 Å². The summed E-state index contributed by atoms with van der Waals surface area (Å²) in [5.74, 6) is -1.46. The molecule has 148 valence electrons. The molecule has 0 saturated carbocycles. The van der Waals surface area contributed by atoms with Gasteiger partial charge in [-0.3, -0.25) is 9.59 Å². The lowest BCUT2D eigenvalue weighted by Gasteiger charge is -2.20. The van der Waals surface area contributed by atoms with Gasteiger partial charge in [0.15, 0.2) is 0 Å². The third-order valence-corrected chi connectivity index (χ3v) is 4.42. The molecule has 2 rings (SSSR count). The van der Waals surface area contributed by atoms with Crippen LogP contribution in [0.1, 0.15) is 29.8 Å². The predicted molar refractivity (Wildman–Crippen MR) is 109 cm³/mol. The van der Waals surface area contributed by atoms with E-state index in [4.69, 9.17) is 4.74 Å². The van der Waals surface area contributed by atoms with Gasteiger partial charge < -0.3 is 10.1 Å². The van der Waals surface area contributed by atoms with E-state index in [1.807, 2.05) is 6.07 Å². The van der Waals surface area contributed by atoms with Crippen molar-refractivity contribution in [1.29, 1.82) is 0 Å². The van der Waals surface area contributed by atoms with Crippen LogP contribution < -0.4 is 15.5 Å². The van der Waals surface area contributed by atoms with E-state index in [0.717, 1.165) is 4.47 Å². The van der Waals surface area contributed by atoms with Crippen LogP contribution in [0.2, 0.25) is 0 Å². The summed E-state index contributed by atoms with van der Waals surface area (Å²) in [7, 11) is 1.53. The van der Waals surface area contributed by atoms with Gasteiger partial charge >= 0.3 is 0 Å². The molecule has 28 heavy (non-hydrogen) atoms. The Labute approximate surface area is 171 Å². The van der Waals surface area contributed by atoms with Crippen molar-refractivity contribution in [2.24, 2.45) is 11.0 Å². The maximum atomic E-state index is 13.8. The van der Waals surface area contributed by atoms with Crippen molar-refractivity contribution in [3.05, 3.63) is 63.9 Å². The SMILES string of the molecule is COc1ccc(Br)cc1/C=N/NC(=O)C(NC(=O)c1ccccc1F)C(C)C. The highest BCUT2D eigenvalue weighted by molar-refractivity contribution is 9.10. The number of rotatable bonds is 7. The molecule has 6 nitrogen and oxygen atoms in total. The first-order chi connectivity index (χ1) is 13.3. The van der Waals surface area contributed by atoms with Crippen LogP contribution in [0.25, 0.3) is 0 Å². The summed E-state index contributed by atoms with van der Waals surface area (Å²) in [5, 5.41) is 6.50. The maximum absolute atomic E-state index is 13.8. The number of carbonyl (C=O) groups excluding carboxylic acids is 2. The Balaban J connectivity index is 2.08. The molecule has 2 aromatic rings. The molecule has 0 aliphatic carbocycles. The zero-order valence-electron chi connectivity index (χ0n) is 15.7. The van der Waals surface area contributed by atoms with Crippen LogP contribution in [-0.2, 0) is 4.79 Å². The molecule has 2 N–H and O–H groups in total. The van der Waals surface area contributed by atoms with Crippen LogP contribution in [0, 0.1) is 11.7 Å². The standard InChI is InChI=1S/C20H21BrFN3O3/c1-12(2)18(24-19(26)15-6-4-5-7-16(15)22)20(27)25-23-11-13-10-14(21)8-9-17(13)28-3/h4-12,18H,1-3H3,(H,24,26)(H,25,27)/b23-11+. The third kappa shape index (κ3) is 5.63. The first-order valence-corrected chi connectivity index (χ1v) is 9.34. The van der Waals surface area contributed by atoms with E-state index < -0.39 is 23.7 Å². The minimum atomic E-state index is -0.881. The highest BCUT2D eigenvalue weighted by Crippen LogP contribution is 2.21. The Morgan fingerprint density at radius 2 is 1.93 bits per heavy atom. The van der Waals surface area contributed by atoms with Crippen LogP contribution in [-0.4, -0.2) is 31.2 Å². The van der Waals surface area contributed by atoms with Crippen molar-refractivity contribution in [3.8, 4) is 5.75 Å². The first kappa shape index (κ1) is 21.6. The topological polar surface area (TPSA) is 79.8 Å². The van der Waals surface area contributed by atoms with Gasteiger partial charge in [-0.15, -0.1) is 0 Å². The molecule has 1 atom stereocenters. The molecule has 0 fully saturated rings. The van der Waals surface area contributed by atoms with Crippen LogP contribution in [0.15, 0.2) is 52.0 Å². The minimum Gasteiger partial charge on any atom is -0.496 e. The molecule has 0 bridgehead atoms. The summed E-state index contributed by atoms with van der Waals surface area (Å²) in [5.41, 5.74) is 2.94. The summed E-state index contributed by atoms with van der Waals surface area (Å²) in [6, 6.07) is 10.1. The molecule has 2 amide bonds. The number of hydrazone groups is 1. The van der Waals surface area contributed by atoms with E-state index >= 15 is 0 Å². The van der Waals surface area contributed by atoms with E-state index in [1.54, 1.807) is 32.0 Å². The van der Waals surface area contributed by atoms with E-state index in [1.165, 1.54) is 31.5 Å². The van der Waals surface area contributed by atoms with Crippen molar-refractivity contribution >= 4 is 34.0 Å². The second-order valence-corrected chi connectivity index (χ2v) is 7.21. The first-order valence-electron chi connectivity index (χ1n) is 8.55. The number of halogens is 2. The van der Waals surface area contributed by atoms with Gasteiger partial charge in [-0.25, -0.2) is 9.82 Å². The summed E-state index contributed by atoms with van der Waals surface area (Å²) < 4.78 is 19.9. The van der Waals surface area contributed by atoms with Crippen molar-refractivity contribution in [3.63, 3.8) is 0 Å². The second kappa shape index (κ2) is 9.98. The summed E-state index contributed by atoms with van der Waals surface area (Å²) in [4.78, 5) is 24.8. The lowest BCUT2D eigenvalue weighted by Crippen LogP contribution is -2.48. The molecule has 0 saturated heterocycles. The van der Waals surface area contributed by atoms with Gasteiger partial charge in [0.25, 0.3) is 11.8 Å². The van der Waals surface area contributed by atoms with E-state index in [9.17, 15) is 14.0 Å². The van der Waals surface area contributed by atoms with Crippen LogP contribution >= 0.6 is 15.9 Å². The van der Waals surface area contributed by atoms with Crippen molar-refractivity contribution in [1.82, 2.24) is 10.7 Å². The quantitative estimate of drug-likeness (QED) is 0.501. The van der Waals surface area contributed by atoms with E-state index in [0.29, 0.717) is 11.3 Å². The lowest BCUT2D eigenvalue weighted by atomic mass is 10.0. The van der Waals surface area contributed by atoms with Crippen LogP contribution in [0.5, 0.6) is 5.75 Å². The fourth-order valence-corrected chi connectivity index (χ4v) is 2.82. The lowest BCUT2D eigenvalue weighted by molar-refractivity contribution is -0.123. The number of amides is 2. The predicted octanol–water partition coefficient (Wildman–Crippen LogP) is 3.50. The zero-order chi connectivity index (χ0) is 20.7. The Morgan fingerprint density at radius 3 is 2.57 bits per heavy atom. The Kier molecular flexibility index (Phi) is 7.69. The number of methoxy groups -OCH3 is 1. The fourth-order valence-electron chi connectivity index (χ4n) is 2.44. The molecule has 0 aliphatic rings. The Bertz CT molecular complexity index is 887. The number of carbonyl (C=O) groups is 2. The monoisotopic (exact) mass is 449 g/mol. The van der Waals surface area contributed by atoms with Gasteiger partial charge in [-0.2, -0.15) is 5.10 Å². The average Bonchev–Trinajstić information content (AvgIpc) is 2.66. The molecule has 0 aliphatic heterocycles. The van der Waals surface area contributed by atoms with Crippen LogP contribution in [0.4, 0.5) is 4.39 Å².